The summed E-state index contributed by atoms with van der Waals surface area (Å²) in [7, 11) is 4.05. The van der Waals surface area contributed by atoms with Gasteiger partial charge in [-0.2, -0.15) is 0 Å². The second kappa shape index (κ2) is 8.05. The number of rotatable bonds is 7. The van der Waals surface area contributed by atoms with Crippen LogP contribution in [-0.4, -0.2) is 32.1 Å². The molecule has 2 aromatic rings. The lowest BCUT2D eigenvalue weighted by molar-refractivity contribution is 0.237. The van der Waals surface area contributed by atoms with Crippen molar-refractivity contribution < 1.29 is 9.47 Å². The third-order valence-electron chi connectivity index (χ3n) is 2.94. The van der Waals surface area contributed by atoms with Crippen LogP contribution in [0.25, 0.3) is 0 Å². The fraction of sp³-hybridized carbons (Fsp3) is 0.294. The Morgan fingerprint density at radius 1 is 0.952 bits per heavy atom. The SMILES string of the molecule is CN(C)CCOc1cc(Br)ccc1OCc1ccccc1. The molecule has 0 atom stereocenters. The molecular weight excluding hydrogens is 330 g/mol. The van der Waals surface area contributed by atoms with Crippen LogP contribution in [0.1, 0.15) is 5.56 Å². The summed E-state index contributed by atoms with van der Waals surface area (Å²) in [5.74, 6) is 1.53. The van der Waals surface area contributed by atoms with Gasteiger partial charge in [-0.15, -0.1) is 0 Å². The van der Waals surface area contributed by atoms with Crippen molar-refractivity contribution in [3.8, 4) is 11.5 Å². The molecule has 2 aromatic carbocycles. The van der Waals surface area contributed by atoms with Gasteiger partial charge in [-0.05, 0) is 37.9 Å². The van der Waals surface area contributed by atoms with E-state index in [2.05, 4.69) is 20.8 Å². The van der Waals surface area contributed by atoms with Crippen molar-refractivity contribution in [1.29, 1.82) is 0 Å². The van der Waals surface area contributed by atoms with Gasteiger partial charge in [0.1, 0.15) is 13.2 Å². The largest absolute Gasteiger partial charge is 0.488 e. The fourth-order valence-corrected chi connectivity index (χ4v) is 2.13. The summed E-state index contributed by atoms with van der Waals surface area (Å²) in [6.45, 7) is 2.03. The topological polar surface area (TPSA) is 21.7 Å². The zero-order valence-corrected chi connectivity index (χ0v) is 14.0. The van der Waals surface area contributed by atoms with Crippen LogP contribution in [0.15, 0.2) is 53.0 Å². The Labute approximate surface area is 134 Å². The first-order chi connectivity index (χ1) is 10.1. The maximum Gasteiger partial charge on any atom is 0.162 e. The highest BCUT2D eigenvalue weighted by Gasteiger charge is 2.07. The summed E-state index contributed by atoms with van der Waals surface area (Å²) in [5, 5.41) is 0. The van der Waals surface area contributed by atoms with Crippen molar-refractivity contribution >= 4 is 15.9 Å². The zero-order chi connectivity index (χ0) is 15.1. The Morgan fingerprint density at radius 3 is 2.43 bits per heavy atom. The summed E-state index contributed by atoms with van der Waals surface area (Å²) in [6.07, 6.45) is 0. The van der Waals surface area contributed by atoms with E-state index in [0.717, 1.165) is 28.1 Å². The van der Waals surface area contributed by atoms with E-state index >= 15 is 0 Å². The van der Waals surface area contributed by atoms with E-state index in [0.29, 0.717) is 13.2 Å². The minimum Gasteiger partial charge on any atom is -0.488 e. The lowest BCUT2D eigenvalue weighted by Crippen LogP contribution is -2.19. The number of hydrogen-bond donors (Lipinski definition) is 0. The maximum atomic E-state index is 5.88. The number of benzene rings is 2. The summed E-state index contributed by atoms with van der Waals surface area (Å²) in [5.41, 5.74) is 1.14. The molecular formula is C17H20BrNO2. The van der Waals surface area contributed by atoms with E-state index < -0.39 is 0 Å². The predicted octanol–water partition coefficient (Wildman–Crippen LogP) is 3.97. The first-order valence-electron chi connectivity index (χ1n) is 6.89. The first kappa shape index (κ1) is 15.9. The highest BCUT2D eigenvalue weighted by molar-refractivity contribution is 9.10. The predicted molar refractivity (Wildman–Crippen MR) is 89.0 cm³/mol. The van der Waals surface area contributed by atoms with E-state index in [1.54, 1.807) is 0 Å². The van der Waals surface area contributed by atoms with Crippen LogP contribution in [-0.2, 0) is 6.61 Å². The lowest BCUT2D eigenvalue weighted by atomic mass is 10.2. The second-order valence-corrected chi connectivity index (χ2v) is 5.93. The van der Waals surface area contributed by atoms with Crippen molar-refractivity contribution in [3.63, 3.8) is 0 Å². The fourth-order valence-electron chi connectivity index (χ4n) is 1.79. The smallest absolute Gasteiger partial charge is 0.162 e. The molecule has 0 bridgehead atoms. The van der Waals surface area contributed by atoms with Crippen molar-refractivity contribution in [3.05, 3.63) is 58.6 Å². The molecule has 4 heteroatoms. The van der Waals surface area contributed by atoms with Gasteiger partial charge in [0.2, 0.25) is 0 Å². The maximum absolute atomic E-state index is 5.88. The van der Waals surface area contributed by atoms with Crippen LogP contribution >= 0.6 is 15.9 Å². The molecule has 0 fully saturated rings. The molecule has 0 aromatic heterocycles. The number of ether oxygens (including phenoxy) is 2. The quantitative estimate of drug-likeness (QED) is 0.754. The minimum absolute atomic E-state index is 0.534. The molecule has 112 valence electrons. The number of likely N-dealkylation sites (N-methyl/N-ethyl adjacent to an activating group) is 1. The Bertz CT molecular complexity index is 558. The lowest BCUT2D eigenvalue weighted by Gasteiger charge is -2.15. The minimum atomic E-state index is 0.534. The molecule has 3 nitrogen and oxygen atoms in total. The van der Waals surface area contributed by atoms with Gasteiger partial charge in [-0.3, -0.25) is 0 Å². The average Bonchev–Trinajstić information content (AvgIpc) is 2.47. The van der Waals surface area contributed by atoms with Crippen LogP contribution in [0, 0.1) is 0 Å². The number of hydrogen-bond acceptors (Lipinski definition) is 3. The first-order valence-corrected chi connectivity index (χ1v) is 7.68. The number of halogens is 1. The highest BCUT2D eigenvalue weighted by atomic mass is 79.9. The van der Waals surface area contributed by atoms with Crippen LogP contribution in [0.4, 0.5) is 0 Å². The molecule has 0 unspecified atom stereocenters. The Hall–Kier alpha value is -1.52. The van der Waals surface area contributed by atoms with Gasteiger partial charge >= 0.3 is 0 Å². The molecule has 0 heterocycles. The second-order valence-electron chi connectivity index (χ2n) is 5.02. The van der Waals surface area contributed by atoms with E-state index in [9.17, 15) is 0 Å². The van der Waals surface area contributed by atoms with Crippen LogP contribution in [0.2, 0.25) is 0 Å². The van der Waals surface area contributed by atoms with Gasteiger partial charge < -0.3 is 14.4 Å². The summed E-state index contributed by atoms with van der Waals surface area (Å²) >= 11 is 3.47. The van der Waals surface area contributed by atoms with Gasteiger partial charge in [0, 0.05) is 11.0 Å². The summed E-state index contributed by atoms with van der Waals surface area (Å²) in [6, 6.07) is 15.9. The highest BCUT2D eigenvalue weighted by Crippen LogP contribution is 2.31. The van der Waals surface area contributed by atoms with Crippen molar-refractivity contribution in [2.45, 2.75) is 6.61 Å². The Balaban J connectivity index is 2.00. The van der Waals surface area contributed by atoms with E-state index in [1.165, 1.54) is 0 Å². The molecule has 21 heavy (non-hydrogen) atoms. The van der Waals surface area contributed by atoms with Crippen LogP contribution in [0.5, 0.6) is 11.5 Å². The summed E-state index contributed by atoms with van der Waals surface area (Å²) in [4.78, 5) is 2.09. The van der Waals surface area contributed by atoms with Crippen LogP contribution in [0.3, 0.4) is 0 Å². The van der Waals surface area contributed by atoms with Crippen molar-refractivity contribution in [2.24, 2.45) is 0 Å². The van der Waals surface area contributed by atoms with Crippen molar-refractivity contribution in [2.75, 3.05) is 27.2 Å². The Kier molecular flexibility index (Phi) is 6.08. The normalized spacial score (nSPS) is 10.7. The average molecular weight is 350 g/mol. The van der Waals surface area contributed by atoms with Gasteiger partial charge in [0.05, 0.1) is 0 Å². The third-order valence-corrected chi connectivity index (χ3v) is 3.43. The monoisotopic (exact) mass is 349 g/mol. The van der Waals surface area contributed by atoms with Gasteiger partial charge in [-0.1, -0.05) is 46.3 Å². The molecule has 0 saturated heterocycles. The molecule has 0 saturated carbocycles. The number of nitrogens with zero attached hydrogens (tertiary/aromatic N) is 1. The molecule has 0 aliphatic heterocycles. The molecule has 0 aliphatic rings. The van der Waals surface area contributed by atoms with Gasteiger partial charge in [0.25, 0.3) is 0 Å². The van der Waals surface area contributed by atoms with E-state index in [-0.39, 0.29) is 0 Å². The molecule has 0 N–H and O–H groups in total. The molecule has 0 spiro atoms. The molecule has 0 radical (unpaired) electrons. The molecule has 2 rings (SSSR count). The molecule has 0 aliphatic carbocycles. The van der Waals surface area contributed by atoms with E-state index in [1.807, 2.05) is 62.6 Å². The summed E-state index contributed by atoms with van der Waals surface area (Å²) < 4.78 is 12.7. The van der Waals surface area contributed by atoms with Gasteiger partial charge in [0.15, 0.2) is 11.5 Å². The van der Waals surface area contributed by atoms with Crippen LogP contribution < -0.4 is 9.47 Å². The van der Waals surface area contributed by atoms with Crippen molar-refractivity contribution in [1.82, 2.24) is 4.90 Å². The third kappa shape index (κ3) is 5.40. The van der Waals surface area contributed by atoms with E-state index in [4.69, 9.17) is 9.47 Å². The zero-order valence-electron chi connectivity index (χ0n) is 12.4. The molecule has 0 amide bonds. The Morgan fingerprint density at radius 2 is 1.71 bits per heavy atom. The van der Waals surface area contributed by atoms with Gasteiger partial charge in [-0.25, -0.2) is 0 Å². The standard InChI is InChI=1S/C17H20BrNO2/c1-19(2)10-11-20-17-12-15(18)8-9-16(17)21-13-14-6-4-3-5-7-14/h3-9,12H,10-11,13H2,1-2H3.